The van der Waals surface area contributed by atoms with Gasteiger partial charge in [0.15, 0.2) is 5.96 Å². The van der Waals surface area contributed by atoms with Crippen molar-refractivity contribution in [3.05, 3.63) is 0 Å². The van der Waals surface area contributed by atoms with Crippen LogP contribution in [0.4, 0.5) is 0 Å². The minimum atomic E-state index is -1.64. The molecule has 2 saturated heterocycles. The molecule has 0 aromatic rings. The highest BCUT2D eigenvalue weighted by Gasteiger charge is 2.43. The van der Waals surface area contributed by atoms with Crippen molar-refractivity contribution in [2.75, 3.05) is 32.7 Å². The molecule has 602 valence electrons. The van der Waals surface area contributed by atoms with Gasteiger partial charge in [0.05, 0.1) is 25.6 Å². The van der Waals surface area contributed by atoms with E-state index in [2.05, 4.69) is 68.8 Å². The quantitative estimate of drug-likeness (QED) is 0.0153. The van der Waals surface area contributed by atoms with Gasteiger partial charge >= 0.3 is 5.97 Å². The molecule has 13 atom stereocenters. The van der Waals surface area contributed by atoms with Crippen LogP contribution in [-0.4, -0.2) is 244 Å². The second-order valence-electron chi connectivity index (χ2n) is 28.6. The van der Waals surface area contributed by atoms with E-state index in [0.717, 1.165) is 6.92 Å². The van der Waals surface area contributed by atoms with Crippen LogP contribution in [0.1, 0.15) is 167 Å². The molecule has 0 radical (unpaired) electrons. The fraction of sp³-hybridized carbons (Fsp3) is 0.716. The Balaban J connectivity index is 2.30. The van der Waals surface area contributed by atoms with E-state index in [4.69, 9.17) is 28.7 Å². The van der Waals surface area contributed by atoms with Gasteiger partial charge in [-0.25, -0.2) is 0 Å². The van der Waals surface area contributed by atoms with Gasteiger partial charge in [0, 0.05) is 39.4 Å². The minimum Gasteiger partial charge on any atom is -0.481 e. The number of nitrogens with one attached hydrogen (secondary N) is 12. The summed E-state index contributed by atoms with van der Waals surface area (Å²) in [6.45, 7) is 17.3. The molecule has 2 heterocycles. The molecule has 2 aliphatic rings. The highest BCUT2D eigenvalue weighted by atomic mass is 16.4. The fourth-order valence-corrected chi connectivity index (χ4v) is 11.7. The van der Waals surface area contributed by atoms with Gasteiger partial charge in [-0.05, 0) is 101 Å². The molecule has 40 nitrogen and oxygen atoms in total. The summed E-state index contributed by atoms with van der Waals surface area (Å²) in [5, 5.41) is 49.4. The van der Waals surface area contributed by atoms with Gasteiger partial charge in [0.1, 0.15) is 72.5 Å². The number of rotatable bonds is 46. The first-order valence-electron chi connectivity index (χ1n) is 35.8. The number of carboxylic acids is 1. The number of guanidine groups is 1. The Kier molecular flexibility index (Phi) is 39.2. The molecule has 0 unspecified atom stereocenters. The van der Waals surface area contributed by atoms with E-state index in [1.807, 2.05) is 0 Å². The SMILES string of the molecule is CC(=O)N[C@H](C(=O)N[C@H](C(=O)N[C@@H](CCC(=O)O)C(=O)N[C@@H](CC(C)C)C(=O)N[C@@H](CCC(N)=O)C(=O)NCC(=O)N1CCC[C@H]1C(=O)N[C@H](C(=O)N1CCC[C@H]1C(=O)N[C@@H](CCCN=C(N)N)C(=O)NCC(=O)N[C@H](C(=O)N[C@@H](CC(N)=O)C(=O)N[C@@H](CC(C)C)C(N)=O)C(C)C)C(C)C)C(C)C)[C@@H](C)O. The van der Waals surface area contributed by atoms with E-state index in [1.165, 1.54) is 30.6 Å². The lowest BCUT2D eigenvalue weighted by molar-refractivity contribution is -0.144. The predicted octanol–water partition coefficient (Wildman–Crippen LogP) is -6.95. The number of amides is 17. The van der Waals surface area contributed by atoms with E-state index in [9.17, 15) is 96.5 Å². The molecule has 24 N–H and O–H groups in total. The van der Waals surface area contributed by atoms with Crippen LogP contribution in [0.25, 0.3) is 0 Å². The largest absolute Gasteiger partial charge is 0.481 e. The van der Waals surface area contributed by atoms with Crippen LogP contribution in [0.15, 0.2) is 4.99 Å². The second kappa shape index (κ2) is 45.3. The van der Waals surface area contributed by atoms with Gasteiger partial charge < -0.3 is 112 Å². The second-order valence-corrected chi connectivity index (χ2v) is 28.6. The molecule has 107 heavy (non-hydrogen) atoms. The average molecular weight is 1520 g/mol. The summed E-state index contributed by atoms with van der Waals surface area (Å²) in [5.74, 6) is -18.9. The molecule has 2 aliphatic heterocycles. The Morgan fingerprint density at radius 2 is 0.888 bits per heavy atom. The van der Waals surface area contributed by atoms with Gasteiger partial charge in [0.2, 0.25) is 100 Å². The Hall–Kier alpha value is -10.3. The van der Waals surface area contributed by atoms with Gasteiger partial charge in [-0.2, -0.15) is 0 Å². The van der Waals surface area contributed by atoms with Crippen molar-refractivity contribution in [2.45, 2.75) is 245 Å². The van der Waals surface area contributed by atoms with Crippen molar-refractivity contribution >= 4 is 112 Å². The maximum Gasteiger partial charge on any atom is 0.303 e. The number of carbonyl (C=O) groups is 18. The third-order valence-electron chi connectivity index (χ3n) is 17.3. The summed E-state index contributed by atoms with van der Waals surface area (Å²) in [5.41, 5.74) is 27.3. The summed E-state index contributed by atoms with van der Waals surface area (Å²) in [4.78, 5) is 247. The zero-order valence-electron chi connectivity index (χ0n) is 63.1. The molecule has 0 bridgehead atoms. The number of nitrogens with zero attached hydrogens (tertiary/aromatic N) is 3. The van der Waals surface area contributed by atoms with Crippen LogP contribution < -0.4 is 92.5 Å². The van der Waals surface area contributed by atoms with Crippen LogP contribution in [0.3, 0.4) is 0 Å². The van der Waals surface area contributed by atoms with Crippen LogP contribution in [-0.2, 0) is 86.3 Å². The third-order valence-corrected chi connectivity index (χ3v) is 17.3. The molecule has 0 spiro atoms. The lowest BCUT2D eigenvalue weighted by atomic mass is 9.99. The van der Waals surface area contributed by atoms with E-state index >= 15 is 0 Å². The van der Waals surface area contributed by atoms with Gasteiger partial charge in [-0.1, -0.05) is 69.2 Å². The van der Waals surface area contributed by atoms with Gasteiger partial charge in [-0.15, -0.1) is 0 Å². The number of primary amides is 3. The number of aliphatic carboxylic acids is 1. The van der Waals surface area contributed by atoms with Crippen LogP contribution >= 0.6 is 0 Å². The first-order chi connectivity index (χ1) is 49.9. The fourth-order valence-electron chi connectivity index (χ4n) is 11.7. The summed E-state index contributed by atoms with van der Waals surface area (Å²) >= 11 is 0. The normalized spacial score (nSPS) is 17.2. The molecule has 40 heteroatoms. The monoisotopic (exact) mass is 1520 g/mol. The van der Waals surface area contributed by atoms with Gasteiger partial charge in [-0.3, -0.25) is 91.3 Å². The van der Waals surface area contributed by atoms with Crippen LogP contribution in [0, 0.1) is 29.6 Å². The Labute approximate surface area is 621 Å². The van der Waals surface area contributed by atoms with Gasteiger partial charge in [0.25, 0.3) is 0 Å². The molecule has 2 rings (SSSR count). The molecule has 2 fully saturated rings. The minimum absolute atomic E-state index is 0.00896. The van der Waals surface area contributed by atoms with Crippen molar-refractivity contribution < 1.29 is 96.5 Å². The Morgan fingerprint density at radius 3 is 1.39 bits per heavy atom. The summed E-state index contributed by atoms with van der Waals surface area (Å²) in [6.07, 6.45) is -3.25. The molecule has 0 aromatic heterocycles. The zero-order chi connectivity index (χ0) is 81.4. The lowest BCUT2D eigenvalue weighted by Crippen LogP contribution is -2.61. The topological polar surface area (TPSA) is 641 Å². The first-order valence-corrected chi connectivity index (χ1v) is 35.8. The molecular formula is C67H114N20O20. The average Bonchev–Trinajstić information content (AvgIpc) is 1.72. The highest BCUT2D eigenvalue weighted by molar-refractivity contribution is 6.01. The third kappa shape index (κ3) is 32.5. The number of hydrogen-bond donors (Lipinski definition) is 19. The number of likely N-dealkylation sites (tertiary alicyclic amines) is 2. The van der Waals surface area contributed by atoms with Crippen molar-refractivity contribution in [3.63, 3.8) is 0 Å². The van der Waals surface area contributed by atoms with Crippen molar-refractivity contribution in [2.24, 2.45) is 63.3 Å². The molecule has 0 aliphatic carbocycles. The Bertz CT molecular complexity index is 3210. The summed E-state index contributed by atoms with van der Waals surface area (Å²) in [7, 11) is 0. The van der Waals surface area contributed by atoms with E-state index in [-0.39, 0.29) is 76.0 Å². The molecule has 0 aromatic carbocycles. The zero-order valence-corrected chi connectivity index (χ0v) is 63.1. The standard InChI is InChI=1S/C67H114N20O20/c1-31(2)26-41(55(70)96)80-60(101)43(28-47(69)91)82-63(104)51(33(5)6)83-48(92)29-74-56(97)38(16-13-23-73-67(71)72)78-61(102)45-18-15-25-87(45)66(107)53(35(9)10)85-62(103)44-17-14-24-86(44)49(93)30-75-57(98)39(19-21-46(68)90)77-59(100)42(27-32(3)4)81-58(99)40(20-22-50(94)95)79-64(105)52(34(7)8)84-65(106)54(36(11)88)76-37(12)89/h31-36,38-45,51-54,88H,13-30H2,1-12H3,(H2,68,90)(H2,69,91)(H2,70,96)(H,74,97)(H,75,98)(H,76,89)(H,77,100)(H,78,102)(H,79,105)(H,80,101)(H,81,99)(H,82,104)(H,83,92)(H,84,106)(H,85,103)(H,94,95)(H4,71,72,73)/t36-,38+,39+,40+,41+,42+,43+,44+,45+,51+,52+,53+,54+/m1/s1. The lowest BCUT2D eigenvalue weighted by Gasteiger charge is -2.32. The summed E-state index contributed by atoms with van der Waals surface area (Å²) in [6, 6.07) is -16.7. The number of aliphatic hydroxyl groups is 1. The smallest absolute Gasteiger partial charge is 0.303 e. The molecule has 17 amide bonds. The highest BCUT2D eigenvalue weighted by Crippen LogP contribution is 2.24. The number of aliphatic hydroxyl groups excluding tert-OH is 1. The van der Waals surface area contributed by atoms with E-state index in [0.29, 0.717) is 12.8 Å². The molecular weight excluding hydrogens is 1400 g/mol. The number of carbonyl (C=O) groups excluding carboxylic acids is 17. The van der Waals surface area contributed by atoms with Crippen molar-refractivity contribution in [1.29, 1.82) is 0 Å². The number of nitrogens with two attached hydrogens (primary N) is 5. The number of carboxylic acid groups (broad SMARTS) is 1. The maximum absolute atomic E-state index is 14.6. The van der Waals surface area contributed by atoms with Crippen molar-refractivity contribution in [1.82, 2.24) is 73.6 Å². The number of hydrogen-bond acceptors (Lipinski definition) is 20. The Morgan fingerprint density at radius 1 is 0.449 bits per heavy atom. The van der Waals surface area contributed by atoms with Crippen LogP contribution in [0.5, 0.6) is 0 Å². The van der Waals surface area contributed by atoms with E-state index in [1.54, 1.807) is 55.4 Å². The van der Waals surface area contributed by atoms with Crippen LogP contribution in [0.2, 0.25) is 0 Å². The van der Waals surface area contributed by atoms with E-state index < -0.39 is 248 Å². The maximum atomic E-state index is 14.6. The summed E-state index contributed by atoms with van der Waals surface area (Å²) < 4.78 is 0. The van der Waals surface area contributed by atoms with Crippen molar-refractivity contribution in [3.8, 4) is 0 Å². The molecule has 0 saturated carbocycles. The first kappa shape index (κ1) is 92.8. The predicted molar refractivity (Wildman–Crippen MR) is 384 cm³/mol. The number of aliphatic imine (C=N–C) groups is 1.